The van der Waals surface area contributed by atoms with Gasteiger partial charge in [0.2, 0.25) is 0 Å². The molecule has 0 saturated carbocycles. The molecule has 2 nitrogen and oxygen atoms in total. The third-order valence-electron chi connectivity index (χ3n) is 3.41. The van der Waals surface area contributed by atoms with Gasteiger partial charge in [0.25, 0.3) is 0 Å². The Morgan fingerprint density at radius 1 is 1.15 bits per heavy atom. The lowest BCUT2D eigenvalue weighted by Gasteiger charge is -2.15. The fourth-order valence-corrected chi connectivity index (χ4v) is 2.38. The third-order valence-corrected chi connectivity index (χ3v) is 3.92. The molecule has 106 valence electrons. The van der Waals surface area contributed by atoms with Crippen LogP contribution in [0.2, 0.25) is 5.02 Å². The molecule has 1 atom stereocenters. The van der Waals surface area contributed by atoms with Crippen LogP contribution in [0.5, 0.6) is 0 Å². The van der Waals surface area contributed by atoms with Crippen molar-refractivity contribution in [2.24, 2.45) is 0 Å². The predicted molar refractivity (Wildman–Crippen MR) is 82.3 cm³/mol. The highest BCUT2D eigenvalue weighted by Gasteiger charge is 2.14. The summed E-state index contributed by atoms with van der Waals surface area (Å²) < 4.78 is 5.05. The Labute approximate surface area is 125 Å². The molecule has 0 aliphatic carbocycles. The second-order valence-electron chi connectivity index (χ2n) is 4.87. The summed E-state index contributed by atoms with van der Waals surface area (Å²) in [5, 5.41) is 11.1. The highest BCUT2D eigenvalue weighted by atomic mass is 35.5. The van der Waals surface area contributed by atoms with E-state index in [-0.39, 0.29) is 0 Å². The predicted octanol–water partition coefficient (Wildman–Crippen LogP) is 3.92. The molecular formula is C17H19ClO2. The van der Waals surface area contributed by atoms with Crippen molar-refractivity contribution in [3.8, 4) is 0 Å². The summed E-state index contributed by atoms with van der Waals surface area (Å²) in [4.78, 5) is 0. The first-order valence-corrected chi connectivity index (χ1v) is 7.02. The van der Waals surface area contributed by atoms with Crippen molar-refractivity contribution in [2.75, 3.05) is 13.7 Å². The molecule has 0 radical (unpaired) electrons. The summed E-state index contributed by atoms with van der Waals surface area (Å²) >= 11 is 6.26. The zero-order valence-electron chi connectivity index (χ0n) is 11.8. The largest absolute Gasteiger partial charge is 0.384 e. The molecule has 1 unspecified atom stereocenters. The molecule has 0 heterocycles. The highest BCUT2D eigenvalue weighted by Crippen LogP contribution is 2.30. The van der Waals surface area contributed by atoms with E-state index in [4.69, 9.17) is 16.3 Å². The SMILES string of the molecule is COCCc1ccc(C(O)c2cccc(C)c2Cl)cc1. The van der Waals surface area contributed by atoms with E-state index < -0.39 is 6.10 Å². The molecule has 0 spiro atoms. The molecule has 0 amide bonds. The van der Waals surface area contributed by atoms with Gasteiger partial charge in [-0.3, -0.25) is 0 Å². The van der Waals surface area contributed by atoms with E-state index in [0.717, 1.165) is 23.1 Å². The third kappa shape index (κ3) is 3.40. The molecule has 2 rings (SSSR count). The minimum Gasteiger partial charge on any atom is -0.384 e. The van der Waals surface area contributed by atoms with E-state index in [1.165, 1.54) is 5.56 Å². The maximum atomic E-state index is 10.5. The van der Waals surface area contributed by atoms with Crippen LogP contribution in [0.1, 0.15) is 28.4 Å². The van der Waals surface area contributed by atoms with Crippen LogP contribution < -0.4 is 0 Å². The molecule has 0 aliphatic rings. The Hall–Kier alpha value is -1.35. The maximum Gasteiger partial charge on any atom is 0.105 e. The van der Waals surface area contributed by atoms with Crippen LogP contribution in [0.15, 0.2) is 42.5 Å². The number of benzene rings is 2. The molecule has 0 bridgehead atoms. The van der Waals surface area contributed by atoms with Gasteiger partial charge in [-0.05, 0) is 30.0 Å². The monoisotopic (exact) mass is 290 g/mol. The fraction of sp³-hybridized carbons (Fsp3) is 0.294. The Bertz CT molecular complexity index is 564. The Morgan fingerprint density at radius 2 is 1.85 bits per heavy atom. The lowest BCUT2D eigenvalue weighted by molar-refractivity contribution is 0.202. The Morgan fingerprint density at radius 3 is 2.50 bits per heavy atom. The molecular weight excluding hydrogens is 272 g/mol. The number of aryl methyl sites for hydroxylation is 1. The van der Waals surface area contributed by atoms with Gasteiger partial charge in [-0.1, -0.05) is 54.1 Å². The van der Waals surface area contributed by atoms with Crippen LogP contribution in [-0.2, 0) is 11.2 Å². The average molecular weight is 291 g/mol. The first kappa shape index (κ1) is 15.0. The molecule has 1 N–H and O–H groups in total. The van der Waals surface area contributed by atoms with Crippen LogP contribution in [0.4, 0.5) is 0 Å². The molecule has 2 aromatic rings. The number of aliphatic hydroxyl groups is 1. The number of ether oxygens (including phenoxy) is 1. The van der Waals surface area contributed by atoms with E-state index in [1.807, 2.05) is 49.4 Å². The number of hydrogen-bond acceptors (Lipinski definition) is 2. The van der Waals surface area contributed by atoms with Crippen LogP contribution in [0, 0.1) is 6.92 Å². The normalized spacial score (nSPS) is 12.4. The van der Waals surface area contributed by atoms with E-state index in [1.54, 1.807) is 7.11 Å². The van der Waals surface area contributed by atoms with Gasteiger partial charge in [0.05, 0.1) is 6.61 Å². The van der Waals surface area contributed by atoms with Gasteiger partial charge in [-0.25, -0.2) is 0 Å². The number of aliphatic hydroxyl groups excluding tert-OH is 1. The van der Waals surface area contributed by atoms with Crippen LogP contribution in [0.25, 0.3) is 0 Å². The first-order chi connectivity index (χ1) is 9.63. The van der Waals surface area contributed by atoms with Crippen molar-refractivity contribution in [1.82, 2.24) is 0 Å². The summed E-state index contributed by atoms with van der Waals surface area (Å²) in [6.07, 6.45) is 0.178. The van der Waals surface area contributed by atoms with Gasteiger partial charge in [0, 0.05) is 17.7 Å². The van der Waals surface area contributed by atoms with Gasteiger partial charge in [0.1, 0.15) is 6.10 Å². The maximum absolute atomic E-state index is 10.5. The van der Waals surface area contributed by atoms with Crippen molar-refractivity contribution >= 4 is 11.6 Å². The Kier molecular flexibility index (Phi) is 5.18. The topological polar surface area (TPSA) is 29.5 Å². The quantitative estimate of drug-likeness (QED) is 0.904. The number of hydrogen-bond donors (Lipinski definition) is 1. The lowest BCUT2D eigenvalue weighted by Crippen LogP contribution is -2.02. The highest BCUT2D eigenvalue weighted by molar-refractivity contribution is 6.32. The molecule has 3 heteroatoms. The molecule has 2 aromatic carbocycles. The zero-order valence-corrected chi connectivity index (χ0v) is 12.5. The van der Waals surface area contributed by atoms with Crippen molar-refractivity contribution < 1.29 is 9.84 Å². The van der Waals surface area contributed by atoms with Gasteiger partial charge in [-0.15, -0.1) is 0 Å². The minimum atomic E-state index is -0.695. The summed E-state index contributed by atoms with van der Waals surface area (Å²) in [5.74, 6) is 0. The zero-order chi connectivity index (χ0) is 14.5. The lowest BCUT2D eigenvalue weighted by atomic mass is 9.98. The molecule has 0 saturated heterocycles. The van der Waals surface area contributed by atoms with E-state index in [9.17, 15) is 5.11 Å². The summed E-state index contributed by atoms with van der Waals surface area (Å²) in [7, 11) is 1.69. The van der Waals surface area contributed by atoms with Gasteiger partial charge >= 0.3 is 0 Å². The molecule has 20 heavy (non-hydrogen) atoms. The number of rotatable bonds is 5. The molecule has 0 aromatic heterocycles. The average Bonchev–Trinajstić information content (AvgIpc) is 2.48. The fourth-order valence-electron chi connectivity index (χ4n) is 2.15. The van der Waals surface area contributed by atoms with Crippen molar-refractivity contribution in [3.63, 3.8) is 0 Å². The van der Waals surface area contributed by atoms with E-state index in [0.29, 0.717) is 11.6 Å². The van der Waals surface area contributed by atoms with Gasteiger partial charge < -0.3 is 9.84 Å². The second kappa shape index (κ2) is 6.89. The van der Waals surface area contributed by atoms with E-state index in [2.05, 4.69) is 0 Å². The van der Waals surface area contributed by atoms with Crippen LogP contribution in [-0.4, -0.2) is 18.8 Å². The summed E-state index contributed by atoms with van der Waals surface area (Å²) in [6.45, 7) is 2.64. The summed E-state index contributed by atoms with van der Waals surface area (Å²) in [6, 6.07) is 13.6. The van der Waals surface area contributed by atoms with Crippen molar-refractivity contribution in [3.05, 3.63) is 69.7 Å². The van der Waals surface area contributed by atoms with Crippen LogP contribution in [0.3, 0.4) is 0 Å². The van der Waals surface area contributed by atoms with Gasteiger partial charge in [0.15, 0.2) is 0 Å². The number of halogens is 1. The molecule has 0 aliphatic heterocycles. The van der Waals surface area contributed by atoms with Crippen molar-refractivity contribution in [2.45, 2.75) is 19.4 Å². The van der Waals surface area contributed by atoms with Crippen LogP contribution >= 0.6 is 11.6 Å². The first-order valence-electron chi connectivity index (χ1n) is 6.64. The number of methoxy groups -OCH3 is 1. The second-order valence-corrected chi connectivity index (χ2v) is 5.24. The van der Waals surface area contributed by atoms with Crippen molar-refractivity contribution in [1.29, 1.82) is 0 Å². The molecule has 0 fully saturated rings. The standard InChI is InChI=1S/C17H19ClO2/c1-12-4-3-5-15(16(12)18)17(19)14-8-6-13(7-9-14)10-11-20-2/h3-9,17,19H,10-11H2,1-2H3. The Balaban J connectivity index is 2.20. The minimum absolute atomic E-state index is 0.628. The summed E-state index contributed by atoms with van der Waals surface area (Å²) in [5.41, 5.74) is 3.76. The smallest absolute Gasteiger partial charge is 0.105 e. The van der Waals surface area contributed by atoms with Gasteiger partial charge in [-0.2, -0.15) is 0 Å². The van der Waals surface area contributed by atoms with E-state index >= 15 is 0 Å².